The fraction of sp³-hybridized carbons (Fsp3) is 0.150. The molecule has 0 spiro atoms. The summed E-state index contributed by atoms with van der Waals surface area (Å²) in [6.07, 6.45) is 3.01. The lowest BCUT2D eigenvalue weighted by molar-refractivity contribution is -0.116. The van der Waals surface area contributed by atoms with E-state index in [9.17, 15) is 10.1 Å². The molecule has 0 radical (unpaired) electrons. The number of amides is 1. The Morgan fingerprint density at radius 1 is 1.26 bits per heavy atom. The highest BCUT2D eigenvalue weighted by Crippen LogP contribution is 2.29. The third-order valence-electron chi connectivity index (χ3n) is 3.86. The van der Waals surface area contributed by atoms with Crippen molar-refractivity contribution in [2.45, 2.75) is 6.04 Å². The molecular weight excluding hydrogens is 362 g/mol. The smallest absolute Gasteiger partial charge is 0.245 e. The number of nitrogens with one attached hydrogen (secondary N) is 1. The number of nitrogens with zero attached hydrogens (tertiary/aromatic N) is 2. The Labute approximate surface area is 160 Å². The van der Waals surface area contributed by atoms with Gasteiger partial charge in [0.1, 0.15) is 22.5 Å². The van der Waals surface area contributed by atoms with E-state index in [-0.39, 0.29) is 0 Å². The number of benzene rings is 2. The molecule has 0 fully saturated rings. The third kappa shape index (κ3) is 4.25. The van der Waals surface area contributed by atoms with Gasteiger partial charge in [0.2, 0.25) is 5.91 Å². The molecule has 7 heteroatoms. The first-order valence-corrected chi connectivity index (χ1v) is 8.92. The van der Waals surface area contributed by atoms with Gasteiger partial charge in [0, 0.05) is 17.7 Å². The number of carbonyl (C=O) groups excluding carboxylic acids is 1. The first-order chi connectivity index (χ1) is 13.1. The van der Waals surface area contributed by atoms with Crippen molar-refractivity contribution in [1.82, 2.24) is 10.3 Å². The molecule has 0 aliphatic carbocycles. The number of aromatic nitrogens is 1. The molecule has 1 atom stereocenters. The highest BCUT2D eigenvalue weighted by Gasteiger charge is 2.18. The van der Waals surface area contributed by atoms with Crippen LogP contribution in [0.5, 0.6) is 11.5 Å². The Morgan fingerprint density at radius 2 is 2.07 bits per heavy atom. The van der Waals surface area contributed by atoms with Gasteiger partial charge in [0.15, 0.2) is 0 Å². The maximum absolute atomic E-state index is 12.3. The zero-order valence-electron chi connectivity index (χ0n) is 14.8. The molecular formula is C20H17N3O3S. The van der Waals surface area contributed by atoms with Gasteiger partial charge in [-0.25, -0.2) is 4.98 Å². The molecule has 0 aliphatic heterocycles. The van der Waals surface area contributed by atoms with Crippen LogP contribution in [0.2, 0.25) is 0 Å². The number of hydrogen-bond acceptors (Lipinski definition) is 6. The number of thiazole rings is 1. The van der Waals surface area contributed by atoms with Crippen molar-refractivity contribution in [2.24, 2.45) is 0 Å². The van der Waals surface area contributed by atoms with Crippen LogP contribution >= 0.6 is 11.3 Å². The molecule has 3 aromatic rings. The van der Waals surface area contributed by atoms with Crippen molar-refractivity contribution in [3.63, 3.8) is 0 Å². The van der Waals surface area contributed by atoms with Crippen LogP contribution < -0.4 is 14.8 Å². The van der Waals surface area contributed by atoms with Crippen LogP contribution in [-0.2, 0) is 4.79 Å². The van der Waals surface area contributed by atoms with Crippen molar-refractivity contribution >= 4 is 33.5 Å². The highest BCUT2D eigenvalue weighted by atomic mass is 32.1. The molecule has 1 N–H and O–H groups in total. The van der Waals surface area contributed by atoms with Gasteiger partial charge in [-0.15, -0.1) is 11.3 Å². The average Bonchev–Trinajstić information content (AvgIpc) is 3.13. The number of methoxy groups -OCH3 is 2. The second-order valence-corrected chi connectivity index (χ2v) is 6.59. The normalized spacial score (nSPS) is 11.9. The van der Waals surface area contributed by atoms with Gasteiger partial charge in [-0.05, 0) is 30.3 Å². The average molecular weight is 379 g/mol. The number of nitriles is 1. The Kier molecular flexibility index (Phi) is 5.69. The van der Waals surface area contributed by atoms with E-state index >= 15 is 0 Å². The maximum atomic E-state index is 12.3. The van der Waals surface area contributed by atoms with Gasteiger partial charge in [0.05, 0.1) is 30.5 Å². The molecule has 0 bridgehead atoms. The van der Waals surface area contributed by atoms with Gasteiger partial charge in [-0.1, -0.05) is 12.1 Å². The van der Waals surface area contributed by atoms with Crippen LogP contribution in [0, 0.1) is 11.3 Å². The van der Waals surface area contributed by atoms with Crippen LogP contribution in [0.3, 0.4) is 0 Å². The van der Waals surface area contributed by atoms with Crippen molar-refractivity contribution in [2.75, 3.05) is 14.2 Å². The number of rotatable bonds is 6. The quantitative estimate of drug-likeness (QED) is 0.660. The van der Waals surface area contributed by atoms with Crippen molar-refractivity contribution in [3.8, 4) is 17.6 Å². The Bertz CT molecular complexity index is 1000. The Morgan fingerprint density at radius 3 is 2.78 bits per heavy atom. The molecule has 1 heterocycles. The van der Waals surface area contributed by atoms with Crippen LogP contribution in [0.4, 0.5) is 0 Å². The number of hydrogen-bond donors (Lipinski definition) is 1. The van der Waals surface area contributed by atoms with Crippen LogP contribution in [0.1, 0.15) is 16.6 Å². The van der Waals surface area contributed by atoms with Crippen molar-refractivity contribution in [3.05, 3.63) is 59.1 Å². The van der Waals surface area contributed by atoms with E-state index in [0.29, 0.717) is 17.1 Å². The Hall–Kier alpha value is -3.37. The molecule has 2 aromatic carbocycles. The van der Waals surface area contributed by atoms with Crippen LogP contribution in [-0.4, -0.2) is 25.1 Å². The molecule has 0 unspecified atom stereocenters. The monoisotopic (exact) mass is 379 g/mol. The molecule has 3 rings (SSSR count). The maximum Gasteiger partial charge on any atom is 0.245 e. The lowest BCUT2D eigenvalue weighted by atomic mass is 10.1. The summed E-state index contributed by atoms with van der Waals surface area (Å²) in [7, 11) is 3.05. The summed E-state index contributed by atoms with van der Waals surface area (Å²) in [5.74, 6) is 0.685. The van der Waals surface area contributed by atoms with Gasteiger partial charge in [-0.3, -0.25) is 4.79 Å². The first-order valence-electron chi connectivity index (χ1n) is 8.10. The highest BCUT2D eigenvalue weighted by molar-refractivity contribution is 7.19. The summed E-state index contributed by atoms with van der Waals surface area (Å²) in [6, 6.07) is 14.1. The summed E-state index contributed by atoms with van der Waals surface area (Å²) < 4.78 is 11.5. The van der Waals surface area contributed by atoms with E-state index in [4.69, 9.17) is 9.47 Å². The van der Waals surface area contributed by atoms with Gasteiger partial charge in [0.25, 0.3) is 0 Å². The molecule has 0 aliphatic rings. The summed E-state index contributed by atoms with van der Waals surface area (Å²) >= 11 is 1.49. The standard InChI is InChI=1S/C20H17N3O3S/c1-25-13-7-8-14(17(11-13)26-2)16(12-21)22-19(24)9-10-20-23-15-5-3-4-6-18(15)27-20/h3-11,16H,1-2H3,(H,22,24)/b10-9-/t16-/m0/s1. The van der Waals surface area contributed by atoms with E-state index in [2.05, 4.69) is 16.4 Å². The predicted molar refractivity (Wildman–Crippen MR) is 105 cm³/mol. The number of carbonyl (C=O) groups is 1. The van der Waals surface area contributed by atoms with Crippen LogP contribution in [0.15, 0.2) is 48.5 Å². The van der Waals surface area contributed by atoms with Gasteiger partial charge in [-0.2, -0.15) is 5.26 Å². The minimum Gasteiger partial charge on any atom is -0.497 e. The lowest BCUT2D eigenvalue weighted by Gasteiger charge is -2.15. The second-order valence-electron chi connectivity index (χ2n) is 5.53. The van der Waals surface area contributed by atoms with Crippen LogP contribution in [0.25, 0.3) is 16.3 Å². The SMILES string of the molecule is COc1ccc([C@H](C#N)NC(=O)/C=C\c2nc3ccccc3s2)c(OC)c1. The molecule has 0 saturated carbocycles. The fourth-order valence-corrected chi connectivity index (χ4v) is 3.41. The van der Waals surface area contributed by atoms with E-state index in [0.717, 1.165) is 15.2 Å². The summed E-state index contributed by atoms with van der Waals surface area (Å²) in [6.45, 7) is 0. The molecule has 1 amide bonds. The fourth-order valence-electron chi connectivity index (χ4n) is 2.54. The minimum atomic E-state index is -0.849. The molecule has 136 valence electrons. The summed E-state index contributed by atoms with van der Waals surface area (Å²) in [5.41, 5.74) is 1.45. The topological polar surface area (TPSA) is 84.2 Å². The predicted octanol–water partition coefficient (Wildman–Crippen LogP) is 3.71. The number of fused-ring (bicyclic) bond motifs is 1. The largest absolute Gasteiger partial charge is 0.497 e. The van der Waals surface area contributed by atoms with E-state index < -0.39 is 11.9 Å². The molecule has 27 heavy (non-hydrogen) atoms. The zero-order chi connectivity index (χ0) is 19.2. The number of para-hydroxylation sites is 1. The van der Waals surface area contributed by atoms with Crippen molar-refractivity contribution in [1.29, 1.82) is 5.26 Å². The summed E-state index contributed by atoms with van der Waals surface area (Å²) in [5, 5.41) is 12.9. The van der Waals surface area contributed by atoms with Crippen molar-refractivity contribution < 1.29 is 14.3 Å². The first kappa shape index (κ1) is 18.4. The van der Waals surface area contributed by atoms with E-state index in [1.54, 1.807) is 31.4 Å². The third-order valence-corrected chi connectivity index (χ3v) is 4.86. The number of ether oxygens (including phenoxy) is 2. The van der Waals surface area contributed by atoms with Gasteiger partial charge < -0.3 is 14.8 Å². The minimum absolute atomic E-state index is 0.390. The second kappa shape index (κ2) is 8.34. The van der Waals surface area contributed by atoms with Gasteiger partial charge >= 0.3 is 0 Å². The van der Waals surface area contributed by atoms with E-state index in [1.807, 2.05) is 24.3 Å². The molecule has 1 aromatic heterocycles. The Balaban J connectivity index is 1.74. The lowest BCUT2D eigenvalue weighted by Crippen LogP contribution is -2.26. The molecule has 0 saturated heterocycles. The zero-order valence-corrected chi connectivity index (χ0v) is 15.6. The van der Waals surface area contributed by atoms with E-state index in [1.165, 1.54) is 24.5 Å². The summed E-state index contributed by atoms with van der Waals surface area (Å²) in [4.78, 5) is 16.7. The molecule has 6 nitrogen and oxygen atoms in total.